The molecule has 2 saturated heterocycles. The van der Waals surface area contributed by atoms with Crippen molar-refractivity contribution < 1.29 is 16.8 Å². The van der Waals surface area contributed by atoms with Crippen LogP contribution >= 0.6 is 0 Å². The van der Waals surface area contributed by atoms with Crippen molar-refractivity contribution in [2.75, 3.05) is 13.1 Å². The Morgan fingerprint density at radius 3 is 1.41 bits per heavy atom. The number of piperidine rings is 2. The average Bonchev–Trinajstić information content (AvgIpc) is 2.76. The molecule has 2 heterocycles. The van der Waals surface area contributed by atoms with Gasteiger partial charge in [0.2, 0.25) is 20.0 Å². The minimum Gasteiger partial charge on any atom is -0.207 e. The molecule has 0 spiro atoms. The molecule has 0 aromatic heterocycles. The normalized spacial score (nSPS) is 28.8. The molecule has 0 unspecified atom stereocenters. The van der Waals surface area contributed by atoms with Gasteiger partial charge in [-0.05, 0) is 63.5 Å². The Morgan fingerprint density at radius 2 is 1.03 bits per heavy atom. The van der Waals surface area contributed by atoms with E-state index < -0.39 is 20.0 Å². The van der Waals surface area contributed by atoms with E-state index in [4.69, 9.17) is 0 Å². The van der Waals surface area contributed by atoms with Gasteiger partial charge in [-0.25, -0.2) is 16.8 Å². The number of sulfonamides is 2. The fourth-order valence-electron chi connectivity index (χ4n) is 5.23. The van der Waals surface area contributed by atoms with Crippen molar-refractivity contribution in [3.8, 4) is 0 Å². The van der Waals surface area contributed by atoms with Gasteiger partial charge in [-0.15, -0.1) is 0 Å². The van der Waals surface area contributed by atoms with Crippen molar-refractivity contribution in [2.45, 2.75) is 75.3 Å². The number of rotatable bonds is 4. The van der Waals surface area contributed by atoms with E-state index in [9.17, 15) is 16.8 Å². The molecule has 6 nitrogen and oxygen atoms in total. The summed E-state index contributed by atoms with van der Waals surface area (Å²) in [6.07, 6.45) is 3.69. The first-order valence-electron chi connectivity index (χ1n) is 11.6. The lowest BCUT2D eigenvalue weighted by Crippen LogP contribution is -2.46. The SMILES string of the molecule is C[C@@H]1CCCN(S(=O)(=O)c2cccc3c(S(=O)(=O)N4CCC[C@H](C)[C@H]4C)cccc23)[C@@H]1C. The van der Waals surface area contributed by atoms with Crippen molar-refractivity contribution in [1.29, 1.82) is 0 Å². The van der Waals surface area contributed by atoms with E-state index in [1.807, 2.05) is 13.8 Å². The fraction of sp³-hybridized carbons (Fsp3) is 0.583. The van der Waals surface area contributed by atoms with Crippen LogP contribution in [0.3, 0.4) is 0 Å². The van der Waals surface area contributed by atoms with E-state index in [0.29, 0.717) is 23.9 Å². The summed E-state index contributed by atoms with van der Waals surface area (Å²) in [5.41, 5.74) is 0. The maximum Gasteiger partial charge on any atom is 0.243 e. The van der Waals surface area contributed by atoms with Gasteiger partial charge in [-0.1, -0.05) is 38.1 Å². The topological polar surface area (TPSA) is 74.8 Å². The summed E-state index contributed by atoms with van der Waals surface area (Å²) in [4.78, 5) is 0.376. The largest absolute Gasteiger partial charge is 0.243 e. The molecule has 2 aliphatic heterocycles. The molecule has 4 atom stereocenters. The first-order chi connectivity index (χ1) is 15.1. The maximum absolute atomic E-state index is 13.7. The molecule has 4 rings (SSSR count). The molecule has 0 bridgehead atoms. The summed E-state index contributed by atoms with van der Waals surface area (Å²) < 4.78 is 57.9. The lowest BCUT2D eigenvalue weighted by molar-refractivity contribution is 0.202. The van der Waals surface area contributed by atoms with Crippen LogP contribution in [0.1, 0.15) is 53.4 Å². The van der Waals surface area contributed by atoms with E-state index in [-0.39, 0.29) is 33.7 Å². The molecule has 2 fully saturated rings. The van der Waals surface area contributed by atoms with Crippen LogP contribution in [-0.4, -0.2) is 50.6 Å². The average molecular weight is 479 g/mol. The van der Waals surface area contributed by atoms with Crippen molar-refractivity contribution in [3.05, 3.63) is 36.4 Å². The van der Waals surface area contributed by atoms with Crippen molar-refractivity contribution in [3.63, 3.8) is 0 Å². The number of nitrogens with zero attached hydrogens (tertiary/aromatic N) is 2. The smallest absolute Gasteiger partial charge is 0.207 e. The second kappa shape index (κ2) is 8.70. The Kier molecular flexibility index (Phi) is 6.44. The van der Waals surface area contributed by atoms with Gasteiger partial charge >= 0.3 is 0 Å². The zero-order valence-corrected chi connectivity index (χ0v) is 21.0. The van der Waals surface area contributed by atoms with Crippen molar-refractivity contribution in [2.24, 2.45) is 11.8 Å². The Bertz CT molecular complexity index is 1110. The first-order valence-corrected chi connectivity index (χ1v) is 14.5. The molecular weight excluding hydrogens is 444 g/mol. The van der Waals surface area contributed by atoms with Gasteiger partial charge in [-0.3, -0.25) is 0 Å². The summed E-state index contributed by atoms with van der Waals surface area (Å²) >= 11 is 0. The van der Waals surface area contributed by atoms with E-state index in [1.165, 1.54) is 0 Å². The van der Waals surface area contributed by atoms with Gasteiger partial charge in [0.05, 0.1) is 9.79 Å². The molecule has 2 aromatic rings. The molecular formula is C24H34N2O4S2. The number of hydrogen-bond acceptors (Lipinski definition) is 4. The highest BCUT2D eigenvalue weighted by Gasteiger charge is 2.37. The van der Waals surface area contributed by atoms with Crippen LogP contribution in [0.5, 0.6) is 0 Å². The van der Waals surface area contributed by atoms with Gasteiger partial charge < -0.3 is 0 Å². The summed E-state index contributed by atoms with van der Waals surface area (Å²) in [5, 5.41) is 0.938. The Labute approximate surface area is 192 Å². The van der Waals surface area contributed by atoms with Crippen LogP contribution in [0.15, 0.2) is 46.2 Å². The zero-order valence-electron chi connectivity index (χ0n) is 19.4. The molecule has 0 amide bonds. The third-order valence-electron chi connectivity index (χ3n) is 7.65. The summed E-state index contributed by atoms with van der Waals surface area (Å²) in [6.45, 7) is 9.07. The summed E-state index contributed by atoms with van der Waals surface area (Å²) in [7, 11) is -7.50. The van der Waals surface area contributed by atoms with Gasteiger partial charge in [-0.2, -0.15) is 8.61 Å². The standard InChI is InChI=1S/C24H34N2O4S2/c1-17-9-7-15-25(19(17)3)31(27,28)23-13-5-12-22-21(23)11-6-14-24(22)32(29,30)26-16-8-10-18(2)20(26)4/h5-6,11-14,17-20H,7-10,15-16H2,1-4H3/t17-,18+,19-,20-/m1/s1. The van der Waals surface area contributed by atoms with E-state index in [1.54, 1.807) is 45.0 Å². The van der Waals surface area contributed by atoms with Crippen LogP contribution in [0.2, 0.25) is 0 Å². The molecule has 2 aromatic carbocycles. The zero-order chi connectivity index (χ0) is 23.3. The Hall–Kier alpha value is -1.48. The Morgan fingerprint density at radius 1 is 0.656 bits per heavy atom. The Balaban J connectivity index is 1.84. The maximum atomic E-state index is 13.7. The van der Waals surface area contributed by atoms with Gasteiger partial charge in [0.25, 0.3) is 0 Å². The fourth-order valence-corrected chi connectivity index (χ4v) is 9.18. The summed E-state index contributed by atoms with van der Waals surface area (Å²) in [5.74, 6) is 0.569. The molecule has 0 aliphatic carbocycles. The first kappa shape index (κ1) is 23.7. The molecule has 8 heteroatoms. The molecule has 2 aliphatic rings. The summed E-state index contributed by atoms with van der Waals surface area (Å²) in [6, 6.07) is 9.79. The third kappa shape index (κ3) is 3.89. The van der Waals surface area contributed by atoms with Crippen molar-refractivity contribution >= 4 is 30.8 Å². The quantitative estimate of drug-likeness (QED) is 0.650. The van der Waals surface area contributed by atoms with E-state index >= 15 is 0 Å². The van der Waals surface area contributed by atoms with Gasteiger partial charge in [0, 0.05) is 35.9 Å². The highest BCUT2D eigenvalue weighted by molar-refractivity contribution is 7.89. The highest BCUT2D eigenvalue weighted by Crippen LogP contribution is 2.36. The van der Waals surface area contributed by atoms with Crippen LogP contribution in [-0.2, 0) is 20.0 Å². The van der Waals surface area contributed by atoms with Crippen LogP contribution in [0.25, 0.3) is 10.8 Å². The second-order valence-corrected chi connectivity index (χ2v) is 13.3. The minimum atomic E-state index is -3.75. The van der Waals surface area contributed by atoms with Crippen LogP contribution in [0, 0.1) is 11.8 Å². The number of benzene rings is 2. The lowest BCUT2D eigenvalue weighted by Gasteiger charge is -2.37. The number of hydrogen-bond donors (Lipinski definition) is 0. The van der Waals surface area contributed by atoms with Gasteiger partial charge in [0.15, 0.2) is 0 Å². The van der Waals surface area contributed by atoms with Crippen LogP contribution in [0.4, 0.5) is 0 Å². The predicted octanol–water partition coefficient (Wildman–Crippen LogP) is 4.46. The van der Waals surface area contributed by atoms with Crippen molar-refractivity contribution in [1.82, 2.24) is 8.61 Å². The molecule has 0 saturated carbocycles. The predicted molar refractivity (Wildman–Crippen MR) is 127 cm³/mol. The minimum absolute atomic E-state index is 0.0911. The van der Waals surface area contributed by atoms with Crippen LogP contribution < -0.4 is 0 Å². The van der Waals surface area contributed by atoms with E-state index in [0.717, 1.165) is 25.7 Å². The molecule has 0 radical (unpaired) electrons. The van der Waals surface area contributed by atoms with E-state index in [2.05, 4.69) is 13.8 Å². The molecule has 0 N–H and O–H groups in total. The second-order valence-electron chi connectivity index (χ2n) is 9.56. The monoisotopic (exact) mass is 478 g/mol. The molecule has 32 heavy (non-hydrogen) atoms. The third-order valence-corrected chi connectivity index (χ3v) is 11.7. The molecule has 176 valence electrons. The highest BCUT2D eigenvalue weighted by atomic mass is 32.2. The lowest BCUT2D eigenvalue weighted by atomic mass is 9.94. The number of fused-ring (bicyclic) bond motifs is 1. The van der Waals surface area contributed by atoms with Gasteiger partial charge in [0.1, 0.15) is 0 Å².